The lowest BCUT2D eigenvalue weighted by Gasteiger charge is -2.10. The van der Waals surface area contributed by atoms with Gasteiger partial charge in [0.2, 0.25) is 0 Å². The first-order chi connectivity index (χ1) is 4.92. The van der Waals surface area contributed by atoms with E-state index in [1.54, 1.807) is 0 Å². The molecule has 1 saturated carbocycles. The molecule has 1 aliphatic carbocycles. The summed E-state index contributed by atoms with van der Waals surface area (Å²) >= 11 is 0. The van der Waals surface area contributed by atoms with Crippen LogP contribution in [0.4, 0.5) is 0 Å². The fourth-order valence-corrected chi connectivity index (χ4v) is 1.61. The van der Waals surface area contributed by atoms with Crippen molar-refractivity contribution in [3.05, 3.63) is 10.4 Å². The number of ether oxygens (including phenoxy) is 1. The van der Waals surface area contributed by atoms with Crippen molar-refractivity contribution in [2.24, 2.45) is 5.11 Å². The van der Waals surface area contributed by atoms with Crippen LogP contribution in [0.3, 0.4) is 0 Å². The highest BCUT2D eigenvalue weighted by molar-refractivity contribution is 4.98. The molecule has 0 aromatic carbocycles. The van der Waals surface area contributed by atoms with Crippen molar-refractivity contribution in [2.75, 3.05) is 0 Å². The van der Waals surface area contributed by atoms with Crippen molar-refractivity contribution in [1.82, 2.24) is 0 Å². The fourth-order valence-electron chi connectivity index (χ4n) is 1.61. The molecule has 1 aliphatic heterocycles. The Morgan fingerprint density at radius 3 is 3.20 bits per heavy atom. The second kappa shape index (κ2) is 2.15. The number of hydrogen-bond donors (Lipinski definition) is 0. The molecule has 2 fully saturated rings. The maximum absolute atomic E-state index is 8.16. The SMILES string of the molecule is [N-]=[N+]=N[C@@H]1CCC[C@@H]2O[C@@H]21. The van der Waals surface area contributed by atoms with Gasteiger partial charge in [-0.05, 0) is 18.4 Å². The highest BCUT2D eigenvalue weighted by atomic mass is 16.6. The summed E-state index contributed by atoms with van der Waals surface area (Å²) in [7, 11) is 0. The van der Waals surface area contributed by atoms with Gasteiger partial charge >= 0.3 is 0 Å². The average Bonchev–Trinajstić information content (AvgIpc) is 2.67. The van der Waals surface area contributed by atoms with E-state index >= 15 is 0 Å². The Bertz CT molecular complexity index is 187. The Labute approximate surface area is 58.8 Å². The molecule has 0 aromatic rings. The van der Waals surface area contributed by atoms with E-state index in [1.165, 1.54) is 0 Å². The first-order valence-corrected chi connectivity index (χ1v) is 3.61. The van der Waals surface area contributed by atoms with Crippen LogP contribution in [-0.4, -0.2) is 18.2 Å². The molecular formula is C6H9N3O. The van der Waals surface area contributed by atoms with Crippen LogP contribution in [-0.2, 0) is 4.74 Å². The predicted molar refractivity (Wildman–Crippen MR) is 35.4 cm³/mol. The standard InChI is InChI=1S/C6H9N3O/c7-9-8-4-2-1-3-5-6(4)10-5/h4-6H,1-3H2/t4-,5+,6-/m1/s1. The molecule has 10 heavy (non-hydrogen) atoms. The van der Waals surface area contributed by atoms with E-state index in [-0.39, 0.29) is 12.1 Å². The predicted octanol–water partition coefficient (Wildman–Crippen LogP) is 1.62. The monoisotopic (exact) mass is 139 g/mol. The molecular weight excluding hydrogens is 130 g/mol. The van der Waals surface area contributed by atoms with E-state index < -0.39 is 0 Å². The van der Waals surface area contributed by atoms with Crippen LogP contribution in [0.1, 0.15) is 19.3 Å². The Balaban J connectivity index is 2.01. The van der Waals surface area contributed by atoms with E-state index in [0.29, 0.717) is 6.10 Å². The number of hydrogen-bond acceptors (Lipinski definition) is 2. The third kappa shape index (κ3) is 0.856. The molecule has 0 amide bonds. The molecule has 0 unspecified atom stereocenters. The summed E-state index contributed by atoms with van der Waals surface area (Å²) in [4.78, 5) is 2.78. The van der Waals surface area contributed by atoms with Crippen molar-refractivity contribution >= 4 is 0 Å². The van der Waals surface area contributed by atoms with Crippen LogP contribution in [0.15, 0.2) is 5.11 Å². The molecule has 4 nitrogen and oxygen atoms in total. The second-order valence-electron chi connectivity index (χ2n) is 2.84. The molecule has 4 heteroatoms. The Hall–Kier alpha value is -0.730. The molecule has 3 atom stereocenters. The molecule has 2 aliphatic rings. The first kappa shape index (κ1) is 6.01. The van der Waals surface area contributed by atoms with Gasteiger partial charge in [-0.2, -0.15) is 0 Å². The normalized spacial score (nSPS) is 43.4. The summed E-state index contributed by atoms with van der Waals surface area (Å²) in [5.41, 5.74) is 8.16. The van der Waals surface area contributed by atoms with E-state index in [0.717, 1.165) is 19.3 Å². The van der Waals surface area contributed by atoms with Crippen LogP contribution in [0, 0.1) is 0 Å². The van der Waals surface area contributed by atoms with Crippen molar-refractivity contribution in [1.29, 1.82) is 0 Å². The third-order valence-electron chi connectivity index (χ3n) is 2.19. The number of nitrogens with zero attached hydrogens (tertiary/aromatic N) is 3. The molecule has 2 rings (SSSR count). The molecule has 0 bridgehead atoms. The average molecular weight is 139 g/mol. The zero-order valence-electron chi connectivity index (χ0n) is 5.60. The number of fused-ring (bicyclic) bond motifs is 1. The van der Waals surface area contributed by atoms with Gasteiger partial charge in [0.25, 0.3) is 0 Å². The van der Waals surface area contributed by atoms with Gasteiger partial charge in [0.1, 0.15) is 0 Å². The Morgan fingerprint density at radius 2 is 2.40 bits per heavy atom. The van der Waals surface area contributed by atoms with E-state index in [2.05, 4.69) is 10.0 Å². The molecule has 0 aromatic heterocycles. The lowest BCUT2D eigenvalue weighted by atomic mass is 9.96. The third-order valence-corrected chi connectivity index (χ3v) is 2.19. The van der Waals surface area contributed by atoms with Gasteiger partial charge in [0.05, 0.1) is 18.2 Å². The maximum atomic E-state index is 8.16. The van der Waals surface area contributed by atoms with Crippen LogP contribution in [0.5, 0.6) is 0 Å². The Kier molecular flexibility index (Phi) is 1.29. The molecule has 54 valence electrons. The molecule has 0 spiro atoms. The van der Waals surface area contributed by atoms with Crippen molar-refractivity contribution in [3.63, 3.8) is 0 Å². The minimum absolute atomic E-state index is 0.128. The minimum atomic E-state index is 0.128. The Morgan fingerprint density at radius 1 is 1.50 bits per heavy atom. The van der Waals surface area contributed by atoms with Gasteiger partial charge in [-0.25, -0.2) is 0 Å². The quantitative estimate of drug-likeness (QED) is 0.235. The number of epoxide rings is 1. The lowest BCUT2D eigenvalue weighted by molar-refractivity contribution is 0.359. The van der Waals surface area contributed by atoms with Crippen molar-refractivity contribution in [3.8, 4) is 0 Å². The lowest BCUT2D eigenvalue weighted by Crippen LogP contribution is -2.18. The summed E-state index contributed by atoms with van der Waals surface area (Å²) in [6.07, 6.45) is 3.99. The minimum Gasteiger partial charge on any atom is -0.369 e. The summed E-state index contributed by atoms with van der Waals surface area (Å²) in [6, 6.07) is 0.128. The molecule has 0 N–H and O–H groups in total. The zero-order chi connectivity index (χ0) is 6.97. The van der Waals surface area contributed by atoms with Gasteiger partial charge in [0.15, 0.2) is 0 Å². The molecule has 0 radical (unpaired) electrons. The van der Waals surface area contributed by atoms with Gasteiger partial charge in [0, 0.05) is 4.91 Å². The van der Waals surface area contributed by atoms with Gasteiger partial charge in [-0.3, -0.25) is 0 Å². The smallest absolute Gasteiger partial charge is 0.0926 e. The number of azide groups is 1. The summed E-state index contributed by atoms with van der Waals surface area (Å²) in [5, 5.41) is 3.66. The van der Waals surface area contributed by atoms with Crippen LogP contribution in [0.2, 0.25) is 0 Å². The highest BCUT2D eigenvalue weighted by Crippen LogP contribution is 2.38. The zero-order valence-corrected chi connectivity index (χ0v) is 5.60. The van der Waals surface area contributed by atoms with Gasteiger partial charge in [-0.15, -0.1) is 0 Å². The van der Waals surface area contributed by atoms with E-state index in [9.17, 15) is 0 Å². The largest absolute Gasteiger partial charge is 0.369 e. The van der Waals surface area contributed by atoms with Crippen LogP contribution >= 0.6 is 0 Å². The summed E-state index contributed by atoms with van der Waals surface area (Å²) in [6.45, 7) is 0. The van der Waals surface area contributed by atoms with Crippen molar-refractivity contribution < 1.29 is 4.74 Å². The molecule has 1 saturated heterocycles. The van der Waals surface area contributed by atoms with Gasteiger partial charge in [-0.1, -0.05) is 11.5 Å². The second-order valence-corrected chi connectivity index (χ2v) is 2.84. The summed E-state index contributed by atoms with van der Waals surface area (Å²) in [5.74, 6) is 0. The van der Waals surface area contributed by atoms with Crippen LogP contribution in [0.25, 0.3) is 10.4 Å². The fraction of sp³-hybridized carbons (Fsp3) is 1.00. The van der Waals surface area contributed by atoms with E-state index in [4.69, 9.17) is 10.3 Å². The summed E-state index contributed by atoms with van der Waals surface area (Å²) < 4.78 is 5.28. The van der Waals surface area contributed by atoms with Crippen molar-refractivity contribution in [2.45, 2.75) is 37.5 Å². The van der Waals surface area contributed by atoms with Crippen LogP contribution < -0.4 is 0 Å². The molecule has 1 heterocycles. The number of rotatable bonds is 1. The van der Waals surface area contributed by atoms with E-state index in [1.807, 2.05) is 0 Å². The highest BCUT2D eigenvalue weighted by Gasteiger charge is 2.46. The topological polar surface area (TPSA) is 61.3 Å². The first-order valence-electron chi connectivity index (χ1n) is 3.61. The van der Waals surface area contributed by atoms with Gasteiger partial charge < -0.3 is 4.74 Å². The maximum Gasteiger partial charge on any atom is 0.0926 e.